The summed E-state index contributed by atoms with van der Waals surface area (Å²) in [4.78, 5) is 35.7. The Balaban J connectivity index is 2.08. The van der Waals surface area contributed by atoms with Crippen LogP contribution < -0.4 is 16.6 Å². The van der Waals surface area contributed by atoms with Gasteiger partial charge in [0, 0.05) is 46.3 Å². The monoisotopic (exact) mass is 424 g/mol. The van der Waals surface area contributed by atoms with Crippen molar-refractivity contribution < 1.29 is 5.11 Å². The van der Waals surface area contributed by atoms with Gasteiger partial charge in [0.2, 0.25) is 5.88 Å². The molecule has 1 saturated heterocycles. The van der Waals surface area contributed by atoms with Crippen LogP contribution in [0.1, 0.15) is 38.7 Å². The van der Waals surface area contributed by atoms with Gasteiger partial charge in [0.05, 0.1) is 12.3 Å². The molecule has 0 bridgehead atoms. The molecule has 1 aliphatic rings. The highest BCUT2D eigenvalue weighted by Crippen LogP contribution is 2.14. The number of rotatable bonds is 8. The van der Waals surface area contributed by atoms with Crippen LogP contribution in [0.5, 0.6) is 5.88 Å². The first-order valence-electron chi connectivity index (χ1n) is 10.2. The molecule has 0 aliphatic carbocycles. The molecule has 1 aromatic rings. The van der Waals surface area contributed by atoms with E-state index in [0.717, 1.165) is 50.7 Å². The minimum absolute atomic E-state index is 0.104. The molecular formula is C19H32N6O3S. The lowest BCUT2D eigenvalue weighted by molar-refractivity contribution is 0.186. The highest BCUT2D eigenvalue weighted by Gasteiger charge is 2.20. The summed E-state index contributed by atoms with van der Waals surface area (Å²) >= 11 is 5.27. The lowest BCUT2D eigenvalue weighted by Gasteiger charge is -2.35. The SMILES string of the molecule is CCCCn1c(O)c(C(CC)=NCCN2CCN(C(=S)NC)CC2)c(=O)[nH]c1=O. The molecule has 0 aromatic carbocycles. The molecule has 29 heavy (non-hydrogen) atoms. The number of aromatic amines is 1. The van der Waals surface area contributed by atoms with Crippen LogP contribution in [-0.2, 0) is 6.54 Å². The zero-order chi connectivity index (χ0) is 21.4. The van der Waals surface area contributed by atoms with Crippen molar-refractivity contribution in [2.45, 2.75) is 39.7 Å². The molecule has 0 atom stereocenters. The molecule has 10 heteroatoms. The maximum Gasteiger partial charge on any atom is 0.331 e. The van der Waals surface area contributed by atoms with Crippen LogP contribution >= 0.6 is 12.2 Å². The molecule has 2 rings (SSSR count). The smallest absolute Gasteiger partial charge is 0.331 e. The Morgan fingerprint density at radius 2 is 1.90 bits per heavy atom. The molecule has 2 heterocycles. The van der Waals surface area contributed by atoms with Crippen LogP contribution in [0.15, 0.2) is 14.6 Å². The number of aromatic nitrogens is 2. The highest BCUT2D eigenvalue weighted by molar-refractivity contribution is 7.80. The van der Waals surface area contributed by atoms with Gasteiger partial charge in [-0.2, -0.15) is 0 Å². The minimum Gasteiger partial charge on any atom is -0.494 e. The third kappa shape index (κ3) is 5.89. The van der Waals surface area contributed by atoms with E-state index in [-0.39, 0.29) is 11.4 Å². The van der Waals surface area contributed by atoms with Gasteiger partial charge < -0.3 is 15.3 Å². The van der Waals surface area contributed by atoms with Crippen molar-refractivity contribution in [2.24, 2.45) is 4.99 Å². The van der Waals surface area contributed by atoms with Crippen LogP contribution in [0.4, 0.5) is 0 Å². The van der Waals surface area contributed by atoms with Gasteiger partial charge in [-0.1, -0.05) is 20.3 Å². The maximum atomic E-state index is 12.3. The van der Waals surface area contributed by atoms with E-state index in [1.54, 1.807) is 0 Å². The van der Waals surface area contributed by atoms with E-state index in [1.807, 2.05) is 20.9 Å². The summed E-state index contributed by atoms with van der Waals surface area (Å²) in [6.45, 7) is 9.06. The fourth-order valence-electron chi connectivity index (χ4n) is 3.37. The second kappa shape index (κ2) is 11.1. The van der Waals surface area contributed by atoms with Gasteiger partial charge in [0.15, 0.2) is 5.11 Å². The molecule has 3 N–H and O–H groups in total. The number of hydrogen-bond acceptors (Lipinski definition) is 6. The number of thiocarbonyl (C=S) groups is 1. The van der Waals surface area contributed by atoms with Crippen LogP contribution in [0, 0.1) is 0 Å². The van der Waals surface area contributed by atoms with Crippen molar-refractivity contribution in [2.75, 3.05) is 46.3 Å². The normalized spacial score (nSPS) is 15.6. The second-order valence-electron chi connectivity index (χ2n) is 7.03. The van der Waals surface area contributed by atoms with Crippen LogP contribution in [0.3, 0.4) is 0 Å². The summed E-state index contributed by atoms with van der Waals surface area (Å²) in [6.07, 6.45) is 2.11. The molecule has 0 saturated carbocycles. The Labute approximate surface area is 176 Å². The number of unbranched alkanes of at least 4 members (excludes halogenated alkanes) is 1. The van der Waals surface area contributed by atoms with Crippen LogP contribution in [-0.4, -0.2) is 81.6 Å². The van der Waals surface area contributed by atoms with E-state index in [4.69, 9.17) is 12.2 Å². The molecule has 0 radical (unpaired) electrons. The minimum atomic E-state index is -0.588. The Morgan fingerprint density at radius 3 is 2.48 bits per heavy atom. The Bertz CT molecular complexity index is 839. The van der Waals surface area contributed by atoms with Gasteiger partial charge >= 0.3 is 5.69 Å². The Morgan fingerprint density at radius 1 is 1.21 bits per heavy atom. The zero-order valence-electron chi connectivity index (χ0n) is 17.5. The van der Waals surface area contributed by atoms with Crippen molar-refractivity contribution in [3.63, 3.8) is 0 Å². The molecule has 1 fully saturated rings. The van der Waals surface area contributed by atoms with Gasteiger partial charge in [-0.05, 0) is 25.1 Å². The summed E-state index contributed by atoms with van der Waals surface area (Å²) < 4.78 is 1.22. The van der Waals surface area contributed by atoms with E-state index in [2.05, 4.69) is 25.1 Å². The summed E-state index contributed by atoms with van der Waals surface area (Å²) in [5.41, 5.74) is -0.552. The fraction of sp³-hybridized carbons (Fsp3) is 0.684. The third-order valence-corrected chi connectivity index (χ3v) is 5.59. The molecule has 1 aromatic heterocycles. The summed E-state index contributed by atoms with van der Waals surface area (Å²) in [5, 5.41) is 14.3. The quantitative estimate of drug-likeness (QED) is 0.409. The van der Waals surface area contributed by atoms with E-state index in [1.165, 1.54) is 4.57 Å². The molecule has 0 spiro atoms. The van der Waals surface area contributed by atoms with Gasteiger partial charge in [-0.25, -0.2) is 4.79 Å². The van der Waals surface area contributed by atoms with Crippen molar-refractivity contribution in [1.82, 2.24) is 24.7 Å². The predicted molar refractivity (Wildman–Crippen MR) is 119 cm³/mol. The third-order valence-electron chi connectivity index (χ3n) is 5.12. The second-order valence-corrected chi connectivity index (χ2v) is 7.42. The number of piperazine rings is 1. The van der Waals surface area contributed by atoms with Crippen LogP contribution in [0.25, 0.3) is 0 Å². The van der Waals surface area contributed by atoms with E-state index in [0.29, 0.717) is 25.2 Å². The predicted octanol–water partition coefficient (Wildman–Crippen LogP) is 0.363. The van der Waals surface area contributed by atoms with E-state index in [9.17, 15) is 14.7 Å². The summed E-state index contributed by atoms with van der Waals surface area (Å²) in [6, 6.07) is 0. The number of hydrogen-bond donors (Lipinski definition) is 3. The standard InChI is InChI=1S/C19H32N6O3S/c1-4-6-8-25-17(27)15(16(26)22-18(25)28)14(5-2)21-7-9-23-10-12-24(13-11-23)19(29)20-3/h27H,4-13H2,1-3H3,(H,20,29)(H,22,26,28). The van der Waals surface area contributed by atoms with Gasteiger partial charge in [-0.3, -0.25) is 24.2 Å². The number of H-pyrrole nitrogens is 1. The molecular weight excluding hydrogens is 392 g/mol. The zero-order valence-corrected chi connectivity index (χ0v) is 18.3. The summed E-state index contributed by atoms with van der Waals surface area (Å²) in [5.74, 6) is -0.290. The lowest BCUT2D eigenvalue weighted by Crippen LogP contribution is -2.51. The first kappa shape index (κ1) is 23.1. The van der Waals surface area contributed by atoms with Gasteiger partial charge in [0.25, 0.3) is 5.56 Å². The fourth-order valence-corrected chi connectivity index (χ4v) is 3.55. The number of nitrogens with one attached hydrogen (secondary N) is 2. The average molecular weight is 425 g/mol. The van der Waals surface area contributed by atoms with Gasteiger partial charge in [-0.15, -0.1) is 0 Å². The van der Waals surface area contributed by atoms with E-state index < -0.39 is 11.2 Å². The molecule has 0 amide bonds. The lowest BCUT2D eigenvalue weighted by atomic mass is 10.1. The topological polar surface area (TPSA) is 106 Å². The highest BCUT2D eigenvalue weighted by atomic mass is 32.1. The molecule has 0 unspecified atom stereocenters. The van der Waals surface area contributed by atoms with E-state index >= 15 is 0 Å². The average Bonchev–Trinajstić information content (AvgIpc) is 2.72. The molecule has 162 valence electrons. The van der Waals surface area contributed by atoms with Crippen LogP contribution in [0.2, 0.25) is 0 Å². The number of aliphatic imine (C=N–C) groups is 1. The largest absolute Gasteiger partial charge is 0.494 e. The van der Waals surface area contributed by atoms with Crippen molar-refractivity contribution in [1.29, 1.82) is 0 Å². The first-order chi connectivity index (χ1) is 13.9. The summed E-state index contributed by atoms with van der Waals surface area (Å²) in [7, 11) is 1.83. The molecule has 1 aliphatic heterocycles. The van der Waals surface area contributed by atoms with Crippen molar-refractivity contribution in [3.8, 4) is 5.88 Å². The van der Waals surface area contributed by atoms with Crippen molar-refractivity contribution >= 4 is 23.0 Å². The maximum absolute atomic E-state index is 12.3. The first-order valence-corrected chi connectivity index (χ1v) is 10.6. The van der Waals surface area contributed by atoms with Crippen molar-refractivity contribution in [3.05, 3.63) is 26.4 Å². The Hall–Kier alpha value is -2.20. The number of aromatic hydroxyl groups is 1. The Kier molecular flexibility index (Phi) is 8.84. The molecule has 9 nitrogen and oxygen atoms in total. The van der Waals surface area contributed by atoms with Gasteiger partial charge in [0.1, 0.15) is 5.56 Å². The number of nitrogens with zero attached hydrogens (tertiary/aromatic N) is 4.